The lowest BCUT2D eigenvalue weighted by molar-refractivity contribution is 1.57. The van der Waals surface area contributed by atoms with E-state index in [1.165, 1.54) is 16.5 Å². The van der Waals surface area contributed by atoms with Crippen LogP contribution in [0.5, 0.6) is 0 Å². The second-order valence-corrected chi connectivity index (χ2v) is 3.45. The van der Waals surface area contributed by atoms with Gasteiger partial charge < -0.3 is 0 Å². The van der Waals surface area contributed by atoms with Gasteiger partial charge in [0.25, 0.3) is 0 Å². The van der Waals surface area contributed by atoms with Gasteiger partial charge in [0.05, 0.1) is 0 Å². The van der Waals surface area contributed by atoms with E-state index in [4.69, 9.17) is 5.26 Å². The number of nitriles is 1. The summed E-state index contributed by atoms with van der Waals surface area (Å²) in [5.41, 5.74) is 2.47. The predicted molar refractivity (Wildman–Crippen MR) is 77.5 cm³/mol. The molecule has 2 aromatic carbocycles. The summed E-state index contributed by atoms with van der Waals surface area (Å²) in [6.45, 7) is 0. The lowest BCUT2D eigenvalue weighted by Gasteiger charge is -1.92. The van der Waals surface area contributed by atoms with E-state index in [9.17, 15) is 0 Å². The molecule has 84 valence electrons. The molecular formula is C15H14NS+. The summed E-state index contributed by atoms with van der Waals surface area (Å²) in [5, 5.41) is 8.63. The molecule has 2 heteroatoms. The Labute approximate surface area is 109 Å². The quantitative estimate of drug-likeness (QED) is 0.470. The lowest BCUT2D eigenvalue weighted by Crippen LogP contribution is -1.70. The van der Waals surface area contributed by atoms with Gasteiger partial charge in [0.15, 0.2) is 0 Å². The summed E-state index contributed by atoms with van der Waals surface area (Å²) in [6, 6.07) is 20.6. The minimum absolute atomic E-state index is 0. The van der Waals surface area contributed by atoms with Crippen LogP contribution in [0.3, 0.4) is 0 Å². The first-order valence-electron chi connectivity index (χ1n) is 5.18. The first-order valence-corrected chi connectivity index (χ1v) is 5.63. The predicted octanol–water partition coefficient (Wildman–Crippen LogP) is 4.37. The number of benzene rings is 2. The van der Waals surface area contributed by atoms with Crippen LogP contribution in [-0.2, 0) is 0 Å². The maximum atomic E-state index is 7.18. The molecule has 0 fully saturated rings. The van der Waals surface area contributed by atoms with Crippen molar-refractivity contribution >= 4 is 24.8 Å². The van der Waals surface area contributed by atoms with E-state index in [0.717, 1.165) is 0 Å². The van der Waals surface area contributed by atoms with E-state index in [2.05, 4.69) is 49.0 Å². The van der Waals surface area contributed by atoms with Gasteiger partial charge in [0.1, 0.15) is 5.40 Å². The first-order chi connectivity index (χ1) is 8.36. The Morgan fingerprint density at radius 2 is 1.12 bits per heavy atom. The number of hydrogen-bond acceptors (Lipinski definition) is 2. The van der Waals surface area contributed by atoms with Gasteiger partial charge in [-0.15, -0.1) is 0 Å². The standard InChI is InChI=1S/C14H12.CHNS/c1-3-7-13(8-4-1)11-12-14-9-5-2-6-10-14;2-1-3/h1-12H;3H/p+1. The average molecular weight is 240 g/mol. The molecule has 0 aliphatic heterocycles. The van der Waals surface area contributed by atoms with Crippen LogP contribution >= 0.6 is 12.6 Å². The number of hydrogen-bond donors (Lipinski definition) is 1. The van der Waals surface area contributed by atoms with E-state index in [0.29, 0.717) is 0 Å². The van der Waals surface area contributed by atoms with Gasteiger partial charge in [0.2, 0.25) is 0 Å². The highest BCUT2D eigenvalue weighted by atomic mass is 32.1. The number of thiocyanates is 1. The van der Waals surface area contributed by atoms with Crippen LogP contribution in [0.4, 0.5) is 0 Å². The minimum Gasteiger partial charge on any atom is -0.185 e. The zero-order valence-electron chi connectivity index (χ0n) is 10.3. The molecule has 0 bridgehead atoms. The number of thiol groups is 1. The van der Waals surface area contributed by atoms with Crippen molar-refractivity contribution in [3.05, 3.63) is 71.8 Å². The normalized spacial score (nSPS) is 9.18. The molecule has 0 unspecified atom stereocenters. The highest BCUT2D eigenvalue weighted by Crippen LogP contribution is 2.06. The maximum absolute atomic E-state index is 7.18. The Morgan fingerprint density at radius 3 is 1.41 bits per heavy atom. The van der Waals surface area contributed by atoms with Crippen LogP contribution in [0, 0.1) is 10.7 Å². The molecule has 2 rings (SSSR count). The molecule has 1 nitrogen and oxygen atoms in total. The molecule has 0 aliphatic carbocycles. The van der Waals surface area contributed by atoms with Crippen LogP contribution in [-0.4, -0.2) is 0 Å². The maximum Gasteiger partial charge on any atom is 1.00 e. The van der Waals surface area contributed by atoms with Crippen LogP contribution in [0.1, 0.15) is 12.6 Å². The summed E-state index contributed by atoms with van der Waals surface area (Å²) >= 11 is 3.09. The number of nitrogens with zero attached hydrogens (tertiary/aromatic N) is 1. The van der Waals surface area contributed by atoms with Crippen molar-refractivity contribution in [3.8, 4) is 5.40 Å². The zero-order chi connectivity index (χ0) is 12.3. The lowest BCUT2D eigenvalue weighted by atomic mass is 10.1. The molecule has 2 aromatic rings. The van der Waals surface area contributed by atoms with Crippen LogP contribution in [0.25, 0.3) is 12.2 Å². The van der Waals surface area contributed by atoms with E-state index >= 15 is 0 Å². The highest BCUT2D eigenvalue weighted by Gasteiger charge is 1.84. The molecule has 0 saturated heterocycles. The van der Waals surface area contributed by atoms with Crippen LogP contribution in [0.15, 0.2) is 60.7 Å². The Balaban J connectivity index is 0.000000660. The summed E-state index contributed by atoms with van der Waals surface area (Å²) < 4.78 is 0. The molecule has 0 amide bonds. The summed E-state index contributed by atoms with van der Waals surface area (Å²) in [7, 11) is 0. The second-order valence-electron chi connectivity index (χ2n) is 3.25. The van der Waals surface area contributed by atoms with Crippen molar-refractivity contribution in [2.24, 2.45) is 0 Å². The van der Waals surface area contributed by atoms with Crippen molar-refractivity contribution in [1.29, 1.82) is 5.26 Å². The van der Waals surface area contributed by atoms with E-state index < -0.39 is 0 Å². The van der Waals surface area contributed by atoms with E-state index in [-0.39, 0.29) is 1.43 Å². The molecule has 0 radical (unpaired) electrons. The molecule has 0 aromatic heterocycles. The van der Waals surface area contributed by atoms with Gasteiger partial charge in [-0.25, -0.2) is 0 Å². The molecule has 0 saturated carbocycles. The van der Waals surface area contributed by atoms with E-state index in [1.54, 1.807) is 0 Å². The topological polar surface area (TPSA) is 23.8 Å². The van der Waals surface area contributed by atoms with Crippen molar-refractivity contribution in [3.63, 3.8) is 0 Å². The van der Waals surface area contributed by atoms with Gasteiger partial charge in [-0.2, -0.15) is 5.26 Å². The highest BCUT2D eigenvalue weighted by molar-refractivity contribution is 7.85. The van der Waals surface area contributed by atoms with Gasteiger partial charge in [-0.3, -0.25) is 0 Å². The third-order valence-electron chi connectivity index (χ3n) is 2.07. The molecule has 0 N–H and O–H groups in total. The van der Waals surface area contributed by atoms with Crippen LogP contribution in [0.2, 0.25) is 0 Å². The molecular weight excluding hydrogens is 226 g/mol. The van der Waals surface area contributed by atoms with Crippen molar-refractivity contribution in [2.45, 2.75) is 0 Å². The van der Waals surface area contributed by atoms with Crippen molar-refractivity contribution < 1.29 is 1.43 Å². The molecule has 0 atom stereocenters. The van der Waals surface area contributed by atoms with Crippen LogP contribution < -0.4 is 0 Å². The monoisotopic (exact) mass is 240 g/mol. The summed E-state index contributed by atoms with van der Waals surface area (Å²) in [6.07, 6.45) is 4.24. The molecule has 0 heterocycles. The Hall–Kier alpha value is -1.98. The SMILES string of the molecule is C(=Cc1ccccc1)c1ccccc1.N#CS.[H+]. The fraction of sp³-hybridized carbons (Fsp3) is 0. The van der Waals surface area contributed by atoms with Gasteiger partial charge in [0, 0.05) is 0 Å². The molecule has 0 spiro atoms. The Kier molecular flexibility index (Phi) is 6.32. The van der Waals surface area contributed by atoms with Gasteiger partial charge >= 0.3 is 1.43 Å². The Morgan fingerprint density at radius 1 is 0.824 bits per heavy atom. The van der Waals surface area contributed by atoms with E-state index in [1.807, 2.05) is 36.4 Å². The fourth-order valence-electron chi connectivity index (χ4n) is 1.32. The number of rotatable bonds is 2. The summed E-state index contributed by atoms with van der Waals surface area (Å²) in [5.74, 6) is 0. The fourth-order valence-corrected chi connectivity index (χ4v) is 1.32. The second kappa shape index (κ2) is 8.20. The third kappa shape index (κ3) is 5.60. The average Bonchev–Trinajstić information content (AvgIpc) is 2.40. The largest absolute Gasteiger partial charge is 1.00 e. The van der Waals surface area contributed by atoms with Gasteiger partial charge in [-0.1, -0.05) is 85.4 Å². The van der Waals surface area contributed by atoms with Crippen molar-refractivity contribution in [1.82, 2.24) is 0 Å². The molecule has 17 heavy (non-hydrogen) atoms. The third-order valence-corrected chi connectivity index (χ3v) is 2.07. The van der Waals surface area contributed by atoms with Gasteiger partial charge in [-0.05, 0) is 11.1 Å². The minimum atomic E-state index is 0. The van der Waals surface area contributed by atoms with Crippen molar-refractivity contribution in [2.75, 3.05) is 0 Å². The first kappa shape index (κ1) is 13.1. The summed E-state index contributed by atoms with van der Waals surface area (Å²) in [4.78, 5) is 0. The molecule has 0 aliphatic rings. The Bertz CT molecular complexity index is 447. The zero-order valence-corrected chi connectivity index (χ0v) is 10.2. The smallest absolute Gasteiger partial charge is 0.185 e.